The summed E-state index contributed by atoms with van der Waals surface area (Å²) in [6.07, 6.45) is 1.07. The first-order chi connectivity index (χ1) is 12.4. The Morgan fingerprint density at radius 1 is 0.920 bits per heavy atom. The molecule has 0 unspecified atom stereocenters. The van der Waals surface area contributed by atoms with E-state index in [1.165, 1.54) is 32.5 Å². The smallest absolute Gasteiger partial charge is 0.135 e. The maximum atomic E-state index is 5.91. The minimum Gasteiger partial charge on any atom is -0.456 e. The fourth-order valence-electron chi connectivity index (χ4n) is 3.51. The maximum Gasteiger partial charge on any atom is 0.135 e. The highest BCUT2D eigenvalue weighted by Crippen LogP contribution is 2.33. The van der Waals surface area contributed by atoms with Crippen molar-refractivity contribution >= 4 is 39.6 Å². The van der Waals surface area contributed by atoms with Crippen LogP contribution in [0, 0.1) is 0 Å². The number of fused-ring (bicyclic) bond motifs is 4. The van der Waals surface area contributed by atoms with Crippen LogP contribution in [0.4, 0.5) is 5.69 Å². The highest BCUT2D eigenvalue weighted by molar-refractivity contribution is 8.00. The predicted molar refractivity (Wildman–Crippen MR) is 105 cm³/mol. The van der Waals surface area contributed by atoms with Gasteiger partial charge in [0.2, 0.25) is 0 Å². The van der Waals surface area contributed by atoms with Gasteiger partial charge < -0.3 is 14.5 Å². The van der Waals surface area contributed by atoms with Crippen molar-refractivity contribution in [3.8, 4) is 0 Å². The Balaban J connectivity index is 1.46. The molecule has 1 aliphatic heterocycles. The highest BCUT2D eigenvalue weighted by atomic mass is 32.2. The van der Waals surface area contributed by atoms with Gasteiger partial charge in [-0.25, -0.2) is 0 Å². The zero-order chi connectivity index (χ0) is 16.6. The van der Waals surface area contributed by atoms with Gasteiger partial charge in [0.25, 0.3) is 0 Å². The summed E-state index contributed by atoms with van der Waals surface area (Å²) in [4.78, 5) is 1.19. The molecule has 4 heteroatoms. The van der Waals surface area contributed by atoms with Gasteiger partial charge in [-0.2, -0.15) is 0 Å². The Morgan fingerprint density at radius 3 is 2.84 bits per heavy atom. The van der Waals surface area contributed by atoms with E-state index in [2.05, 4.69) is 58.6 Å². The third-order valence-corrected chi connectivity index (χ3v) is 5.58. The quantitative estimate of drug-likeness (QED) is 0.490. The molecular weight excluding hydrogens is 328 g/mol. The van der Waals surface area contributed by atoms with E-state index in [0.29, 0.717) is 0 Å². The monoisotopic (exact) mass is 346 g/mol. The highest BCUT2D eigenvalue weighted by Gasteiger charge is 2.13. The van der Waals surface area contributed by atoms with Crippen LogP contribution in [-0.2, 0) is 13.0 Å². The SMILES string of the molecule is c1cc2c(c(NSc3ccc4oc5ccccc5c4c3)c1)CCNC2. The maximum absolute atomic E-state index is 5.91. The second kappa shape index (κ2) is 6.14. The zero-order valence-corrected chi connectivity index (χ0v) is 14.5. The number of anilines is 1. The van der Waals surface area contributed by atoms with Crippen molar-refractivity contribution in [2.24, 2.45) is 0 Å². The lowest BCUT2D eigenvalue weighted by Gasteiger charge is -2.20. The molecule has 0 radical (unpaired) electrons. The Labute approximate surface area is 150 Å². The molecule has 2 N–H and O–H groups in total. The van der Waals surface area contributed by atoms with E-state index < -0.39 is 0 Å². The Morgan fingerprint density at radius 2 is 1.84 bits per heavy atom. The minimum absolute atomic E-state index is 0.939. The topological polar surface area (TPSA) is 37.2 Å². The third-order valence-electron chi connectivity index (χ3n) is 4.77. The van der Waals surface area contributed by atoms with E-state index in [1.807, 2.05) is 12.1 Å². The number of nitrogens with one attached hydrogen (secondary N) is 2. The molecule has 0 fully saturated rings. The van der Waals surface area contributed by atoms with Gasteiger partial charge in [-0.3, -0.25) is 0 Å². The molecule has 3 nitrogen and oxygen atoms in total. The van der Waals surface area contributed by atoms with Crippen molar-refractivity contribution in [2.75, 3.05) is 11.3 Å². The van der Waals surface area contributed by atoms with E-state index in [-0.39, 0.29) is 0 Å². The molecule has 0 spiro atoms. The number of hydrogen-bond donors (Lipinski definition) is 2. The van der Waals surface area contributed by atoms with Gasteiger partial charge in [0.1, 0.15) is 11.2 Å². The normalized spacial score (nSPS) is 13.9. The lowest BCUT2D eigenvalue weighted by molar-refractivity contribution is 0.645. The summed E-state index contributed by atoms with van der Waals surface area (Å²) in [5.74, 6) is 0. The number of benzene rings is 3. The molecule has 4 aromatic rings. The van der Waals surface area contributed by atoms with Crippen LogP contribution in [0.5, 0.6) is 0 Å². The largest absolute Gasteiger partial charge is 0.456 e. The molecule has 2 heterocycles. The first-order valence-electron chi connectivity index (χ1n) is 8.54. The zero-order valence-electron chi connectivity index (χ0n) is 13.7. The van der Waals surface area contributed by atoms with E-state index >= 15 is 0 Å². The van der Waals surface area contributed by atoms with Gasteiger partial charge in [-0.15, -0.1) is 0 Å². The lowest BCUT2D eigenvalue weighted by atomic mass is 9.99. The van der Waals surface area contributed by atoms with Crippen molar-refractivity contribution in [3.05, 3.63) is 71.8 Å². The fourth-order valence-corrected chi connectivity index (χ4v) is 4.24. The van der Waals surface area contributed by atoms with Crippen LogP contribution < -0.4 is 10.0 Å². The average Bonchev–Trinajstić information content (AvgIpc) is 3.04. The molecule has 0 atom stereocenters. The van der Waals surface area contributed by atoms with Gasteiger partial charge in [0, 0.05) is 27.9 Å². The Hall–Kier alpha value is -2.43. The predicted octanol–water partition coefficient (Wildman–Crippen LogP) is 5.35. The lowest BCUT2D eigenvalue weighted by Crippen LogP contribution is -2.24. The third kappa shape index (κ3) is 2.68. The molecule has 124 valence electrons. The molecule has 0 saturated carbocycles. The van der Waals surface area contributed by atoms with Crippen LogP contribution >= 0.6 is 11.9 Å². The van der Waals surface area contributed by atoms with E-state index in [9.17, 15) is 0 Å². The van der Waals surface area contributed by atoms with Crippen LogP contribution in [0.2, 0.25) is 0 Å². The Bertz CT molecular complexity index is 1070. The van der Waals surface area contributed by atoms with Crippen LogP contribution in [0.3, 0.4) is 0 Å². The summed E-state index contributed by atoms with van der Waals surface area (Å²) in [6.45, 7) is 2.01. The minimum atomic E-state index is 0.939. The van der Waals surface area contributed by atoms with Gasteiger partial charge in [0.05, 0.1) is 0 Å². The van der Waals surface area contributed by atoms with Crippen LogP contribution in [0.25, 0.3) is 21.9 Å². The van der Waals surface area contributed by atoms with Gasteiger partial charge in [-0.1, -0.05) is 30.3 Å². The fraction of sp³-hybridized carbons (Fsp3) is 0.143. The molecular formula is C21H18N2OS. The first kappa shape index (κ1) is 14.9. The second-order valence-corrected chi connectivity index (χ2v) is 7.21. The molecule has 1 aromatic heterocycles. The number of para-hydroxylation sites is 1. The summed E-state index contributed by atoms with van der Waals surface area (Å²) in [6, 6.07) is 21.1. The number of hydrogen-bond acceptors (Lipinski definition) is 4. The van der Waals surface area contributed by atoms with Gasteiger partial charge >= 0.3 is 0 Å². The van der Waals surface area contributed by atoms with Crippen LogP contribution in [0.1, 0.15) is 11.1 Å². The summed E-state index contributed by atoms with van der Waals surface area (Å²) < 4.78 is 9.46. The summed E-state index contributed by atoms with van der Waals surface area (Å²) in [5.41, 5.74) is 5.93. The summed E-state index contributed by atoms with van der Waals surface area (Å²) in [7, 11) is 0. The van der Waals surface area contributed by atoms with E-state index in [1.54, 1.807) is 11.9 Å². The molecule has 3 aromatic carbocycles. The van der Waals surface area contributed by atoms with Crippen LogP contribution in [0.15, 0.2) is 70.0 Å². The standard InChI is InChI=1S/C21H18N2OS/c1-2-7-20-17(5-1)18-12-15(8-9-21(18)24-20)25-23-19-6-3-4-14-13-22-11-10-16(14)19/h1-9,12,22-23H,10-11,13H2. The average molecular weight is 346 g/mol. The molecule has 0 bridgehead atoms. The summed E-state index contributed by atoms with van der Waals surface area (Å²) >= 11 is 1.66. The molecule has 5 rings (SSSR count). The van der Waals surface area contributed by atoms with Crippen molar-refractivity contribution in [3.63, 3.8) is 0 Å². The molecule has 25 heavy (non-hydrogen) atoms. The van der Waals surface area contributed by atoms with E-state index in [4.69, 9.17) is 4.42 Å². The number of furan rings is 1. The van der Waals surface area contributed by atoms with E-state index in [0.717, 1.165) is 30.7 Å². The molecule has 1 aliphatic rings. The first-order valence-corrected chi connectivity index (χ1v) is 9.36. The molecule has 0 amide bonds. The summed E-state index contributed by atoms with van der Waals surface area (Å²) in [5, 5.41) is 5.77. The van der Waals surface area contributed by atoms with Crippen molar-refractivity contribution in [1.29, 1.82) is 0 Å². The van der Waals surface area contributed by atoms with Crippen molar-refractivity contribution < 1.29 is 4.42 Å². The number of rotatable bonds is 3. The van der Waals surface area contributed by atoms with Gasteiger partial charge in [-0.05, 0) is 66.4 Å². The van der Waals surface area contributed by atoms with Crippen molar-refractivity contribution in [1.82, 2.24) is 5.32 Å². The van der Waals surface area contributed by atoms with Crippen molar-refractivity contribution in [2.45, 2.75) is 17.9 Å². The molecule has 0 aliphatic carbocycles. The van der Waals surface area contributed by atoms with Gasteiger partial charge in [0.15, 0.2) is 0 Å². The second-order valence-electron chi connectivity index (χ2n) is 6.33. The molecule has 0 saturated heterocycles. The Kier molecular flexibility index (Phi) is 3.65. The van der Waals surface area contributed by atoms with Crippen LogP contribution in [-0.4, -0.2) is 6.54 Å².